The third-order valence-corrected chi connectivity index (χ3v) is 4.23. The molecule has 2 aromatic heterocycles. The minimum Gasteiger partial charge on any atom is -0.294 e. The molecule has 0 radical (unpaired) electrons. The van der Waals surface area contributed by atoms with Crippen LogP contribution in [0.1, 0.15) is 16.7 Å². The van der Waals surface area contributed by atoms with Crippen molar-refractivity contribution in [2.75, 3.05) is 0 Å². The fraction of sp³-hybridized carbons (Fsp3) is 0.133. The van der Waals surface area contributed by atoms with E-state index in [0.29, 0.717) is 16.8 Å². The molecule has 0 atom stereocenters. The van der Waals surface area contributed by atoms with Crippen molar-refractivity contribution in [3.05, 3.63) is 63.0 Å². The van der Waals surface area contributed by atoms with Gasteiger partial charge >= 0.3 is 0 Å². The van der Waals surface area contributed by atoms with E-state index in [1.54, 1.807) is 23.0 Å². The van der Waals surface area contributed by atoms with Crippen LogP contribution in [0.25, 0.3) is 10.2 Å². The Kier molecular flexibility index (Phi) is 3.09. The fourth-order valence-electron chi connectivity index (χ4n) is 2.05. The van der Waals surface area contributed by atoms with Crippen LogP contribution in [0, 0.1) is 18.3 Å². The minimum absolute atomic E-state index is 0.0162. The van der Waals surface area contributed by atoms with Crippen molar-refractivity contribution >= 4 is 21.6 Å². The van der Waals surface area contributed by atoms with Crippen LogP contribution in [0.4, 0.5) is 0 Å². The molecule has 0 amide bonds. The predicted octanol–water partition coefficient (Wildman–Crippen LogP) is 2.69. The molecule has 0 saturated carbocycles. The van der Waals surface area contributed by atoms with E-state index in [-0.39, 0.29) is 5.56 Å². The van der Waals surface area contributed by atoms with Gasteiger partial charge in [0.25, 0.3) is 5.56 Å². The van der Waals surface area contributed by atoms with Crippen LogP contribution in [0.3, 0.4) is 0 Å². The zero-order chi connectivity index (χ0) is 14.1. The Morgan fingerprint density at radius 2 is 2.10 bits per heavy atom. The maximum Gasteiger partial charge on any atom is 0.271 e. The van der Waals surface area contributed by atoms with Crippen LogP contribution in [0.2, 0.25) is 0 Å². The van der Waals surface area contributed by atoms with Crippen LogP contribution in [-0.2, 0) is 6.54 Å². The van der Waals surface area contributed by atoms with Gasteiger partial charge in [0.15, 0.2) is 0 Å². The summed E-state index contributed by atoms with van der Waals surface area (Å²) < 4.78 is 2.29. The van der Waals surface area contributed by atoms with Gasteiger partial charge in [0.1, 0.15) is 4.70 Å². The maximum absolute atomic E-state index is 12.4. The van der Waals surface area contributed by atoms with E-state index in [4.69, 9.17) is 5.26 Å². The monoisotopic (exact) mass is 281 g/mol. The van der Waals surface area contributed by atoms with Crippen LogP contribution >= 0.6 is 11.3 Å². The third-order valence-electron chi connectivity index (χ3n) is 3.16. The molecule has 0 spiro atoms. The van der Waals surface area contributed by atoms with Crippen molar-refractivity contribution < 1.29 is 0 Å². The molecule has 0 aliphatic rings. The summed E-state index contributed by atoms with van der Waals surface area (Å²) in [6.45, 7) is 2.42. The quantitative estimate of drug-likeness (QED) is 0.725. The van der Waals surface area contributed by atoms with Gasteiger partial charge in [0.05, 0.1) is 30.0 Å². The van der Waals surface area contributed by atoms with Crippen molar-refractivity contribution in [2.45, 2.75) is 13.5 Å². The molecule has 0 aliphatic carbocycles. The highest BCUT2D eigenvalue weighted by Gasteiger charge is 2.08. The Morgan fingerprint density at radius 3 is 2.80 bits per heavy atom. The van der Waals surface area contributed by atoms with Gasteiger partial charge in [-0.15, -0.1) is 11.3 Å². The fourth-order valence-corrected chi connectivity index (χ4v) is 3.00. The highest BCUT2D eigenvalue weighted by Crippen LogP contribution is 2.19. The molecule has 3 aromatic rings. The Labute approximate surface area is 119 Å². The second-order valence-corrected chi connectivity index (χ2v) is 5.46. The first kappa shape index (κ1) is 12.6. The highest BCUT2D eigenvalue weighted by molar-refractivity contribution is 7.17. The molecular formula is C15H11N3OS. The van der Waals surface area contributed by atoms with E-state index < -0.39 is 0 Å². The number of hydrogen-bond donors (Lipinski definition) is 0. The summed E-state index contributed by atoms with van der Waals surface area (Å²) in [7, 11) is 0. The van der Waals surface area contributed by atoms with Gasteiger partial charge in [-0.3, -0.25) is 9.36 Å². The summed E-state index contributed by atoms with van der Waals surface area (Å²) >= 11 is 1.43. The summed E-state index contributed by atoms with van der Waals surface area (Å²) in [5.74, 6) is 0. The van der Waals surface area contributed by atoms with Crippen molar-refractivity contribution in [2.24, 2.45) is 0 Å². The van der Waals surface area contributed by atoms with Crippen molar-refractivity contribution in [3.8, 4) is 6.07 Å². The van der Waals surface area contributed by atoms with Crippen molar-refractivity contribution in [3.63, 3.8) is 0 Å². The molecule has 20 heavy (non-hydrogen) atoms. The lowest BCUT2D eigenvalue weighted by Crippen LogP contribution is -2.20. The standard InChI is InChI=1S/C15H11N3OS/c1-10-8-20-14-13(10)17-9-18(15(14)19)7-12-4-2-11(6-16)3-5-12/h2-5,8-9H,7H2,1H3. The van der Waals surface area contributed by atoms with E-state index in [1.807, 2.05) is 24.4 Å². The number of aromatic nitrogens is 2. The molecule has 98 valence electrons. The molecule has 0 saturated heterocycles. The van der Waals surface area contributed by atoms with Crippen molar-refractivity contribution in [1.82, 2.24) is 9.55 Å². The molecule has 4 nitrogen and oxygen atoms in total. The average Bonchev–Trinajstić information content (AvgIpc) is 2.85. The van der Waals surface area contributed by atoms with E-state index in [2.05, 4.69) is 11.1 Å². The number of rotatable bonds is 2. The van der Waals surface area contributed by atoms with Crippen LogP contribution in [-0.4, -0.2) is 9.55 Å². The van der Waals surface area contributed by atoms with Gasteiger partial charge in [0, 0.05) is 0 Å². The summed E-state index contributed by atoms with van der Waals surface area (Å²) in [6, 6.07) is 9.29. The molecule has 1 aromatic carbocycles. The topological polar surface area (TPSA) is 58.7 Å². The summed E-state index contributed by atoms with van der Waals surface area (Å²) in [5.41, 5.74) is 3.39. The Morgan fingerprint density at radius 1 is 1.35 bits per heavy atom. The maximum atomic E-state index is 12.4. The lowest BCUT2D eigenvalue weighted by atomic mass is 10.1. The Hall–Kier alpha value is -2.45. The second-order valence-electron chi connectivity index (χ2n) is 4.58. The molecule has 0 N–H and O–H groups in total. The Bertz CT molecular complexity index is 869. The summed E-state index contributed by atoms with van der Waals surface area (Å²) in [5, 5.41) is 10.7. The molecule has 0 fully saturated rings. The zero-order valence-electron chi connectivity index (χ0n) is 10.8. The molecule has 0 aliphatic heterocycles. The van der Waals surface area contributed by atoms with E-state index >= 15 is 0 Å². The van der Waals surface area contributed by atoms with E-state index in [1.165, 1.54) is 11.3 Å². The SMILES string of the molecule is Cc1csc2c(=O)n(Cc3ccc(C#N)cc3)cnc12. The van der Waals surface area contributed by atoms with Gasteiger partial charge in [-0.2, -0.15) is 5.26 Å². The number of benzene rings is 1. The van der Waals surface area contributed by atoms with Crippen molar-refractivity contribution in [1.29, 1.82) is 5.26 Å². The van der Waals surface area contributed by atoms with Crippen LogP contribution < -0.4 is 5.56 Å². The number of nitrogens with zero attached hydrogens (tertiary/aromatic N) is 3. The summed E-state index contributed by atoms with van der Waals surface area (Å²) in [6.07, 6.45) is 1.59. The average molecular weight is 281 g/mol. The normalized spacial score (nSPS) is 10.6. The second kappa shape index (κ2) is 4.91. The number of thiophene rings is 1. The van der Waals surface area contributed by atoms with Gasteiger partial charge in [-0.25, -0.2) is 4.98 Å². The molecule has 0 unspecified atom stereocenters. The molecule has 0 bridgehead atoms. The van der Waals surface area contributed by atoms with Crippen LogP contribution in [0.5, 0.6) is 0 Å². The lowest BCUT2D eigenvalue weighted by molar-refractivity contribution is 0.749. The molecular weight excluding hydrogens is 270 g/mol. The first-order valence-electron chi connectivity index (χ1n) is 6.11. The highest BCUT2D eigenvalue weighted by atomic mass is 32.1. The Balaban J connectivity index is 2.00. The largest absolute Gasteiger partial charge is 0.294 e. The zero-order valence-corrected chi connectivity index (χ0v) is 11.6. The molecule has 5 heteroatoms. The number of aryl methyl sites for hydroxylation is 1. The van der Waals surface area contributed by atoms with E-state index in [0.717, 1.165) is 16.6 Å². The summed E-state index contributed by atoms with van der Waals surface area (Å²) in [4.78, 5) is 16.7. The van der Waals surface area contributed by atoms with Gasteiger partial charge in [-0.05, 0) is 35.6 Å². The molecule has 3 rings (SSSR count). The minimum atomic E-state index is -0.0162. The van der Waals surface area contributed by atoms with Gasteiger partial charge in [0.2, 0.25) is 0 Å². The van der Waals surface area contributed by atoms with Gasteiger partial charge in [-0.1, -0.05) is 12.1 Å². The first-order valence-corrected chi connectivity index (χ1v) is 6.99. The molecule has 2 heterocycles. The van der Waals surface area contributed by atoms with Gasteiger partial charge < -0.3 is 0 Å². The third kappa shape index (κ3) is 2.10. The smallest absolute Gasteiger partial charge is 0.271 e. The predicted molar refractivity (Wildman–Crippen MR) is 78.9 cm³/mol. The van der Waals surface area contributed by atoms with E-state index in [9.17, 15) is 4.79 Å². The van der Waals surface area contributed by atoms with Crippen LogP contribution in [0.15, 0.2) is 40.8 Å². The number of fused-ring (bicyclic) bond motifs is 1. The number of hydrogen-bond acceptors (Lipinski definition) is 4. The lowest BCUT2D eigenvalue weighted by Gasteiger charge is -2.05. The first-order chi connectivity index (χ1) is 9.69. The number of nitriles is 1.